The van der Waals surface area contributed by atoms with Gasteiger partial charge in [-0.05, 0) is 36.4 Å². The van der Waals surface area contributed by atoms with Gasteiger partial charge in [0.1, 0.15) is 5.75 Å². The Kier molecular flexibility index (Phi) is 3.48. The fraction of sp³-hybridized carbons (Fsp3) is 0.429. The summed E-state index contributed by atoms with van der Waals surface area (Å²) >= 11 is 1.39. The zero-order chi connectivity index (χ0) is 13.2. The molecule has 0 fully saturated rings. The van der Waals surface area contributed by atoms with Crippen molar-refractivity contribution in [3.63, 3.8) is 0 Å². The van der Waals surface area contributed by atoms with Crippen LogP contribution in [-0.2, 0) is 12.8 Å². The van der Waals surface area contributed by atoms with Gasteiger partial charge in [0.25, 0.3) is 0 Å². The van der Waals surface area contributed by atoms with E-state index in [1.807, 2.05) is 6.07 Å². The Morgan fingerprint density at radius 1 is 1.47 bits per heavy atom. The van der Waals surface area contributed by atoms with Crippen LogP contribution < -0.4 is 10.5 Å². The highest BCUT2D eigenvalue weighted by Crippen LogP contribution is 2.36. The molecule has 3 rings (SSSR count). The van der Waals surface area contributed by atoms with Gasteiger partial charge in [0.05, 0.1) is 23.2 Å². The lowest BCUT2D eigenvalue weighted by Crippen LogP contribution is -2.17. The number of nitrogens with zero attached hydrogens (tertiary/aromatic N) is 2. The number of ether oxygens (including phenoxy) is 1. The van der Waals surface area contributed by atoms with Crippen molar-refractivity contribution in [2.24, 2.45) is 5.73 Å². The van der Waals surface area contributed by atoms with Crippen LogP contribution in [0.3, 0.4) is 0 Å². The van der Waals surface area contributed by atoms with Crippen molar-refractivity contribution in [2.75, 3.05) is 6.61 Å². The lowest BCUT2D eigenvalue weighted by molar-refractivity contribution is 0.284. The fourth-order valence-corrected chi connectivity index (χ4v) is 3.26. The first-order chi connectivity index (χ1) is 9.31. The third-order valence-electron chi connectivity index (χ3n) is 3.50. The van der Waals surface area contributed by atoms with Crippen LogP contribution in [0.5, 0.6) is 5.75 Å². The first-order valence-corrected chi connectivity index (χ1v) is 7.40. The van der Waals surface area contributed by atoms with Crippen molar-refractivity contribution in [1.29, 1.82) is 0 Å². The van der Waals surface area contributed by atoms with Gasteiger partial charge in [-0.2, -0.15) is 0 Å². The average Bonchev–Trinajstić information content (AvgIpc) is 2.94. The van der Waals surface area contributed by atoms with E-state index in [0.717, 1.165) is 47.8 Å². The van der Waals surface area contributed by atoms with Gasteiger partial charge in [0.2, 0.25) is 0 Å². The number of benzene rings is 1. The summed E-state index contributed by atoms with van der Waals surface area (Å²) in [5, 5.41) is 4.14. The van der Waals surface area contributed by atoms with Gasteiger partial charge in [0, 0.05) is 5.56 Å². The summed E-state index contributed by atoms with van der Waals surface area (Å²) in [4.78, 5) is 1.05. The molecule has 0 saturated carbocycles. The number of aromatic nitrogens is 2. The molecule has 1 atom stereocenters. The van der Waals surface area contributed by atoms with E-state index in [1.165, 1.54) is 17.1 Å². The van der Waals surface area contributed by atoms with E-state index in [-0.39, 0.29) is 6.04 Å². The predicted molar refractivity (Wildman–Crippen MR) is 75.6 cm³/mol. The average molecular weight is 275 g/mol. The van der Waals surface area contributed by atoms with Crippen molar-refractivity contribution in [1.82, 2.24) is 9.59 Å². The summed E-state index contributed by atoms with van der Waals surface area (Å²) in [6.45, 7) is 2.85. The van der Waals surface area contributed by atoms with Gasteiger partial charge in [-0.15, -0.1) is 5.10 Å². The van der Waals surface area contributed by atoms with Crippen LogP contribution >= 0.6 is 11.5 Å². The molecular weight excluding hydrogens is 258 g/mol. The Hall–Kier alpha value is -1.46. The molecule has 2 aromatic rings. The summed E-state index contributed by atoms with van der Waals surface area (Å²) in [6.07, 6.45) is 3.00. The van der Waals surface area contributed by atoms with E-state index in [2.05, 4.69) is 28.6 Å². The molecule has 0 spiro atoms. The molecule has 1 aromatic carbocycles. The van der Waals surface area contributed by atoms with Crippen LogP contribution in [0.1, 0.15) is 41.1 Å². The molecule has 2 N–H and O–H groups in total. The zero-order valence-electron chi connectivity index (χ0n) is 10.9. The molecule has 1 unspecified atom stereocenters. The Labute approximate surface area is 116 Å². The first kappa shape index (κ1) is 12.6. The fourth-order valence-electron chi connectivity index (χ4n) is 2.50. The third kappa shape index (κ3) is 2.24. The lowest BCUT2D eigenvalue weighted by Gasteiger charge is -2.22. The maximum atomic E-state index is 6.41. The molecule has 1 aliphatic heterocycles. The topological polar surface area (TPSA) is 61.0 Å². The molecular formula is C14H17N3OS. The minimum Gasteiger partial charge on any atom is -0.493 e. The standard InChI is InChI=1S/C14H17N3OS/c1-2-11-14(19-17-16-11)12(15)10-7-3-5-9-6-4-8-18-13(9)10/h3,5,7,12H,2,4,6,8,15H2,1H3. The largest absolute Gasteiger partial charge is 0.493 e. The van der Waals surface area contributed by atoms with E-state index in [9.17, 15) is 0 Å². The number of hydrogen-bond acceptors (Lipinski definition) is 5. The van der Waals surface area contributed by atoms with E-state index in [4.69, 9.17) is 10.5 Å². The Balaban J connectivity index is 2.02. The minimum absolute atomic E-state index is 0.192. The Morgan fingerprint density at radius 2 is 2.37 bits per heavy atom. The normalized spacial score (nSPS) is 15.7. The monoisotopic (exact) mass is 275 g/mol. The predicted octanol–water partition coefficient (Wildman–Crippen LogP) is 2.47. The SMILES string of the molecule is CCc1nnsc1C(N)c1cccc2c1OCCC2. The highest BCUT2D eigenvalue weighted by atomic mass is 32.1. The molecule has 0 amide bonds. The number of rotatable bonds is 3. The highest BCUT2D eigenvalue weighted by molar-refractivity contribution is 7.05. The second kappa shape index (κ2) is 5.27. The summed E-state index contributed by atoms with van der Waals surface area (Å²) in [5.74, 6) is 0.969. The molecule has 1 aromatic heterocycles. The molecule has 0 aliphatic carbocycles. The second-order valence-electron chi connectivity index (χ2n) is 4.70. The van der Waals surface area contributed by atoms with Gasteiger partial charge < -0.3 is 10.5 Å². The van der Waals surface area contributed by atoms with Gasteiger partial charge in [-0.3, -0.25) is 0 Å². The van der Waals surface area contributed by atoms with Gasteiger partial charge >= 0.3 is 0 Å². The van der Waals surface area contributed by atoms with Gasteiger partial charge in [-0.25, -0.2) is 0 Å². The molecule has 1 aliphatic rings. The number of aryl methyl sites for hydroxylation is 2. The Morgan fingerprint density at radius 3 is 3.21 bits per heavy atom. The van der Waals surface area contributed by atoms with Crippen LogP contribution in [0.4, 0.5) is 0 Å². The van der Waals surface area contributed by atoms with E-state index >= 15 is 0 Å². The maximum Gasteiger partial charge on any atom is 0.127 e. The van der Waals surface area contributed by atoms with Crippen molar-refractivity contribution < 1.29 is 4.74 Å². The number of fused-ring (bicyclic) bond motifs is 1. The highest BCUT2D eigenvalue weighted by Gasteiger charge is 2.23. The van der Waals surface area contributed by atoms with Crippen molar-refractivity contribution in [2.45, 2.75) is 32.2 Å². The maximum absolute atomic E-state index is 6.41. The third-order valence-corrected chi connectivity index (χ3v) is 4.35. The summed E-state index contributed by atoms with van der Waals surface area (Å²) in [6, 6.07) is 6.04. The second-order valence-corrected chi connectivity index (χ2v) is 5.49. The lowest BCUT2D eigenvalue weighted by atomic mass is 9.97. The van der Waals surface area contributed by atoms with Crippen LogP contribution in [0, 0.1) is 0 Å². The molecule has 0 bridgehead atoms. The van der Waals surface area contributed by atoms with Crippen molar-refractivity contribution in [3.05, 3.63) is 39.9 Å². The quantitative estimate of drug-likeness (QED) is 0.934. The van der Waals surface area contributed by atoms with E-state index < -0.39 is 0 Å². The molecule has 4 nitrogen and oxygen atoms in total. The molecule has 5 heteroatoms. The molecule has 0 radical (unpaired) electrons. The summed E-state index contributed by atoms with van der Waals surface area (Å²) < 4.78 is 9.85. The Bertz CT molecular complexity index is 582. The van der Waals surface area contributed by atoms with E-state index in [0.29, 0.717) is 0 Å². The summed E-state index contributed by atoms with van der Waals surface area (Å²) in [5.41, 5.74) is 9.72. The molecule has 100 valence electrons. The number of para-hydroxylation sites is 1. The van der Waals surface area contributed by atoms with Crippen LogP contribution in [-0.4, -0.2) is 16.2 Å². The molecule has 2 heterocycles. The van der Waals surface area contributed by atoms with Gasteiger partial charge in [0.15, 0.2) is 0 Å². The zero-order valence-corrected chi connectivity index (χ0v) is 11.7. The van der Waals surface area contributed by atoms with Crippen LogP contribution in [0.25, 0.3) is 0 Å². The van der Waals surface area contributed by atoms with Crippen LogP contribution in [0.15, 0.2) is 18.2 Å². The number of hydrogen-bond donors (Lipinski definition) is 1. The molecule has 0 saturated heterocycles. The van der Waals surface area contributed by atoms with Gasteiger partial charge in [-0.1, -0.05) is 29.6 Å². The van der Waals surface area contributed by atoms with E-state index in [1.54, 1.807) is 0 Å². The number of nitrogens with two attached hydrogens (primary N) is 1. The van der Waals surface area contributed by atoms with Crippen molar-refractivity contribution in [3.8, 4) is 5.75 Å². The smallest absolute Gasteiger partial charge is 0.127 e. The minimum atomic E-state index is -0.192. The summed E-state index contributed by atoms with van der Waals surface area (Å²) in [7, 11) is 0. The van der Waals surface area contributed by atoms with Crippen LogP contribution in [0.2, 0.25) is 0 Å². The van der Waals surface area contributed by atoms with Crippen molar-refractivity contribution >= 4 is 11.5 Å². The molecule has 19 heavy (non-hydrogen) atoms. The first-order valence-electron chi connectivity index (χ1n) is 6.62.